The molecule has 0 bridgehead atoms. The van der Waals surface area contributed by atoms with Gasteiger partial charge in [0.2, 0.25) is 0 Å². The Morgan fingerprint density at radius 1 is 0.262 bits per heavy atom. The molecule has 434 valence electrons. The van der Waals surface area contributed by atoms with Crippen LogP contribution < -0.4 is 41.8 Å². The van der Waals surface area contributed by atoms with E-state index in [1.54, 1.807) is 0 Å². The SMILES string of the molecule is CN(C)c1ccc(C(=C2C=CC(=[N+](C)C)C=C2)c2ccc(N(C)C)cc2)cc1.CN(C)c1ccc(C(=C2C=CC(=[N+](C)C)C=C2)c2ccc(N(C)C)cc2)cc1.CN=C1C=CC(=C(c2ccc(N(C)C)cc2)c2ccc(N(C)C)cc2)C=C1.[Cl-]. The Morgan fingerprint density at radius 3 is 0.571 bits per heavy atom. The van der Waals surface area contributed by atoms with Crippen LogP contribution in [0.25, 0.3) is 16.7 Å². The quantitative estimate of drug-likeness (QED) is 0.114. The van der Waals surface area contributed by atoms with Gasteiger partial charge in [-0.1, -0.05) is 84.9 Å². The number of allylic oxidation sites excluding steroid dienone is 15. The summed E-state index contributed by atoms with van der Waals surface area (Å²) in [6.07, 6.45) is 26.0. The first-order valence-electron chi connectivity index (χ1n) is 28.3. The summed E-state index contributed by atoms with van der Waals surface area (Å²) < 4.78 is 4.25. The van der Waals surface area contributed by atoms with E-state index in [4.69, 9.17) is 0 Å². The summed E-state index contributed by atoms with van der Waals surface area (Å²) >= 11 is 0. The van der Waals surface area contributed by atoms with Crippen LogP contribution in [0.2, 0.25) is 0 Å². The van der Waals surface area contributed by atoms with Crippen molar-refractivity contribution >= 4 is 68.0 Å². The lowest BCUT2D eigenvalue weighted by Gasteiger charge is -2.18. The van der Waals surface area contributed by atoms with Crippen molar-refractivity contribution in [2.45, 2.75) is 0 Å². The molecule has 3 aliphatic carbocycles. The first kappa shape index (κ1) is 64.3. The Hall–Kier alpha value is -8.92. The normalized spacial score (nSPS) is 12.8. The first-order chi connectivity index (χ1) is 39.7. The van der Waals surface area contributed by atoms with Gasteiger partial charge in [0.1, 0.15) is 28.2 Å². The van der Waals surface area contributed by atoms with Crippen molar-refractivity contribution in [3.05, 3.63) is 269 Å². The molecular formula is C74H87ClN9+. The van der Waals surface area contributed by atoms with E-state index in [1.807, 2.05) is 7.05 Å². The molecule has 6 aromatic carbocycles. The molecule has 10 heteroatoms. The van der Waals surface area contributed by atoms with E-state index in [1.165, 1.54) is 112 Å². The van der Waals surface area contributed by atoms with Crippen LogP contribution in [-0.4, -0.2) is 146 Å². The Labute approximate surface area is 509 Å². The van der Waals surface area contributed by atoms with E-state index >= 15 is 0 Å². The summed E-state index contributed by atoms with van der Waals surface area (Å²) in [5.74, 6) is 0. The molecule has 0 heterocycles. The first-order valence-corrected chi connectivity index (χ1v) is 28.3. The largest absolute Gasteiger partial charge is 1.00 e. The van der Waals surface area contributed by atoms with Crippen molar-refractivity contribution in [3.8, 4) is 0 Å². The number of halogens is 1. The maximum absolute atomic E-state index is 4.26. The molecular weight excluding hydrogens is 1050 g/mol. The Balaban J connectivity index is 0.000000201. The minimum absolute atomic E-state index is 0. The molecule has 3 aliphatic rings. The fourth-order valence-corrected chi connectivity index (χ4v) is 9.69. The van der Waals surface area contributed by atoms with Crippen LogP contribution in [0.5, 0.6) is 0 Å². The predicted molar refractivity (Wildman–Crippen MR) is 365 cm³/mol. The van der Waals surface area contributed by atoms with Crippen molar-refractivity contribution in [1.82, 2.24) is 0 Å². The third-order valence-electron chi connectivity index (χ3n) is 14.8. The van der Waals surface area contributed by atoms with Gasteiger partial charge in [0.05, 0.1) is 5.71 Å². The monoisotopic (exact) mass is 1140 g/mol. The number of anilines is 6. The van der Waals surface area contributed by atoms with Gasteiger partial charge >= 0.3 is 0 Å². The zero-order valence-corrected chi connectivity index (χ0v) is 53.4. The standard InChI is InChI=1S/2C25H30N3.C24H27N3.ClH/c2*1-26(2)22-13-7-19(8-14-22)25(20-9-15-23(16-10-20)27(3)4)21-11-17-24(18-12-21)28(5)6;1-25-21-12-6-18(7-13-21)24(19-8-14-22(15-9-19)26(2)3)20-10-16-23(17-11-20)27(4)5;/h2*7-18H,1-6H3;6-17H,1-5H3;1H/q2*+1;;/p-1. The van der Waals surface area contributed by atoms with Crippen LogP contribution in [0.15, 0.2) is 240 Å². The van der Waals surface area contributed by atoms with E-state index < -0.39 is 0 Å². The number of benzene rings is 6. The maximum Gasteiger partial charge on any atom is 0.199 e. The summed E-state index contributed by atoms with van der Waals surface area (Å²) in [5, 5.41) is 0. The van der Waals surface area contributed by atoms with Crippen molar-refractivity contribution in [2.75, 3.05) is 149 Å². The summed E-state index contributed by atoms with van der Waals surface area (Å²) in [4.78, 5) is 17.0. The number of rotatable bonds is 12. The Kier molecular flexibility index (Phi) is 22.9. The van der Waals surface area contributed by atoms with Crippen molar-refractivity contribution in [2.24, 2.45) is 4.99 Å². The molecule has 0 saturated heterocycles. The second-order valence-corrected chi connectivity index (χ2v) is 22.4. The molecule has 0 amide bonds. The molecule has 0 atom stereocenters. The molecule has 0 saturated carbocycles. The third-order valence-corrected chi connectivity index (χ3v) is 14.8. The average Bonchev–Trinajstić information content (AvgIpc) is 3.57. The number of nitrogens with zero attached hydrogens (tertiary/aromatic N) is 9. The fraction of sp³-hybridized carbons (Fsp3) is 0.230. The van der Waals surface area contributed by atoms with Crippen molar-refractivity contribution in [3.63, 3.8) is 0 Å². The number of aliphatic imine (C=N–C) groups is 1. The molecule has 9 rings (SSSR count). The number of hydrogen-bond donors (Lipinski definition) is 0. The van der Waals surface area contributed by atoms with Crippen molar-refractivity contribution in [1.29, 1.82) is 0 Å². The topological polar surface area (TPSA) is 37.8 Å². The van der Waals surface area contributed by atoms with Gasteiger partial charge in [-0.25, -0.2) is 9.15 Å². The van der Waals surface area contributed by atoms with Gasteiger partial charge in [0, 0.05) is 150 Å². The Bertz CT molecular complexity index is 3200. The van der Waals surface area contributed by atoms with Gasteiger partial charge in [0.25, 0.3) is 0 Å². The molecule has 0 N–H and O–H groups in total. The van der Waals surface area contributed by atoms with E-state index in [0.717, 1.165) is 5.71 Å². The second-order valence-electron chi connectivity index (χ2n) is 22.4. The average molecular weight is 1140 g/mol. The highest BCUT2D eigenvalue weighted by molar-refractivity contribution is 6.07. The highest BCUT2D eigenvalue weighted by Crippen LogP contribution is 2.35. The summed E-state index contributed by atoms with van der Waals surface area (Å²) in [7, 11) is 34.9. The lowest BCUT2D eigenvalue weighted by Crippen LogP contribution is -3.00. The summed E-state index contributed by atoms with van der Waals surface area (Å²) in [6.45, 7) is 0. The fourth-order valence-electron chi connectivity index (χ4n) is 9.69. The molecule has 0 aliphatic heterocycles. The number of hydrogen-bond acceptors (Lipinski definition) is 7. The Morgan fingerprint density at radius 2 is 0.429 bits per heavy atom. The van der Waals surface area contributed by atoms with Crippen LogP contribution in [0, 0.1) is 0 Å². The highest BCUT2D eigenvalue weighted by atomic mass is 35.5. The van der Waals surface area contributed by atoms with E-state index in [9.17, 15) is 0 Å². The molecule has 0 spiro atoms. The van der Waals surface area contributed by atoms with Gasteiger partial charge in [-0.2, -0.15) is 0 Å². The summed E-state index contributed by atoms with van der Waals surface area (Å²) in [5.41, 5.74) is 25.3. The van der Waals surface area contributed by atoms with Crippen LogP contribution in [0.1, 0.15) is 33.4 Å². The lowest BCUT2D eigenvalue weighted by atomic mass is 9.90. The van der Waals surface area contributed by atoms with Gasteiger partial charge in [0.15, 0.2) is 11.4 Å². The lowest BCUT2D eigenvalue weighted by molar-refractivity contribution is -0.462. The molecule has 0 unspecified atom stereocenters. The molecule has 0 aromatic heterocycles. The predicted octanol–water partition coefficient (Wildman–Crippen LogP) is 10.7. The van der Waals surface area contributed by atoms with Gasteiger partial charge in [-0.05, 0) is 176 Å². The van der Waals surface area contributed by atoms with E-state index in [2.05, 4.69) is 375 Å². The van der Waals surface area contributed by atoms with Gasteiger partial charge in [-0.15, -0.1) is 0 Å². The highest BCUT2D eigenvalue weighted by Gasteiger charge is 2.17. The van der Waals surface area contributed by atoms with Crippen LogP contribution in [-0.2, 0) is 0 Å². The molecule has 0 radical (unpaired) electrons. The van der Waals surface area contributed by atoms with Gasteiger partial charge < -0.3 is 41.8 Å². The molecule has 84 heavy (non-hydrogen) atoms. The molecule has 9 nitrogen and oxygen atoms in total. The van der Waals surface area contributed by atoms with E-state index in [0.29, 0.717) is 0 Å². The molecule has 0 fully saturated rings. The minimum Gasteiger partial charge on any atom is -1.00 e. The van der Waals surface area contributed by atoms with Crippen LogP contribution in [0.3, 0.4) is 0 Å². The second kappa shape index (κ2) is 29.9. The third kappa shape index (κ3) is 16.6. The smallest absolute Gasteiger partial charge is 0.199 e. The van der Waals surface area contributed by atoms with Crippen LogP contribution >= 0.6 is 0 Å². The molecule has 6 aromatic rings. The zero-order chi connectivity index (χ0) is 59.9. The van der Waals surface area contributed by atoms with Gasteiger partial charge in [-0.3, -0.25) is 4.99 Å². The van der Waals surface area contributed by atoms with Crippen LogP contribution in [0.4, 0.5) is 34.1 Å². The summed E-state index contributed by atoms with van der Waals surface area (Å²) in [6, 6.07) is 52.6. The maximum atomic E-state index is 4.26. The van der Waals surface area contributed by atoms with Crippen molar-refractivity contribution < 1.29 is 21.6 Å². The minimum atomic E-state index is 0. The van der Waals surface area contributed by atoms with E-state index in [-0.39, 0.29) is 12.4 Å². The zero-order valence-electron chi connectivity index (χ0n) is 52.7.